The van der Waals surface area contributed by atoms with Gasteiger partial charge in [0.1, 0.15) is 0 Å². The predicted octanol–water partition coefficient (Wildman–Crippen LogP) is 3.69. The van der Waals surface area contributed by atoms with Gasteiger partial charge in [-0.25, -0.2) is 4.79 Å². The van der Waals surface area contributed by atoms with E-state index in [0.717, 1.165) is 24.0 Å². The van der Waals surface area contributed by atoms with Gasteiger partial charge in [0, 0.05) is 0 Å². The van der Waals surface area contributed by atoms with Crippen molar-refractivity contribution in [3.63, 3.8) is 0 Å². The number of benzene rings is 1. The molecule has 0 atom stereocenters. The van der Waals surface area contributed by atoms with E-state index in [1.165, 1.54) is 0 Å². The Morgan fingerprint density at radius 1 is 1.41 bits per heavy atom. The van der Waals surface area contributed by atoms with Crippen LogP contribution in [0.3, 0.4) is 0 Å². The molecule has 1 aromatic carbocycles. The number of carbonyl (C=O) groups excluding carboxylic acids is 1. The van der Waals surface area contributed by atoms with Crippen LogP contribution in [-0.2, 0) is 9.53 Å². The van der Waals surface area contributed by atoms with Crippen molar-refractivity contribution in [2.45, 2.75) is 19.8 Å². The molecule has 0 bridgehead atoms. The zero-order valence-electron chi connectivity index (χ0n) is 10.2. The van der Waals surface area contributed by atoms with Crippen LogP contribution in [0.1, 0.15) is 30.9 Å². The van der Waals surface area contributed by atoms with Gasteiger partial charge in [0.25, 0.3) is 0 Å². The first-order chi connectivity index (χ1) is 8.20. The summed E-state index contributed by atoms with van der Waals surface area (Å²) in [7, 11) is 0. The summed E-state index contributed by atoms with van der Waals surface area (Å²) >= 11 is 0. The van der Waals surface area contributed by atoms with Crippen molar-refractivity contribution in [2.75, 3.05) is 6.61 Å². The van der Waals surface area contributed by atoms with Crippen molar-refractivity contribution in [3.05, 3.63) is 48.6 Å². The predicted molar refractivity (Wildman–Crippen MR) is 71.4 cm³/mol. The van der Waals surface area contributed by atoms with E-state index in [2.05, 4.69) is 20.1 Å². The summed E-state index contributed by atoms with van der Waals surface area (Å²) in [6.07, 6.45) is 3.59. The van der Waals surface area contributed by atoms with Crippen molar-refractivity contribution >= 4 is 17.6 Å². The molecule has 0 spiro atoms. The van der Waals surface area contributed by atoms with E-state index >= 15 is 0 Å². The van der Waals surface area contributed by atoms with E-state index in [-0.39, 0.29) is 5.97 Å². The maximum Gasteiger partial charge on any atom is 0.338 e. The minimum Gasteiger partial charge on any atom is -0.462 e. The van der Waals surface area contributed by atoms with E-state index < -0.39 is 0 Å². The van der Waals surface area contributed by atoms with Crippen molar-refractivity contribution in [1.82, 2.24) is 0 Å². The fourth-order valence-electron chi connectivity index (χ4n) is 1.46. The monoisotopic (exact) mass is 230 g/mol. The zero-order valence-corrected chi connectivity index (χ0v) is 10.2. The van der Waals surface area contributed by atoms with E-state index in [9.17, 15) is 4.79 Å². The largest absolute Gasteiger partial charge is 0.462 e. The van der Waals surface area contributed by atoms with Crippen LogP contribution < -0.4 is 0 Å². The molecule has 0 aliphatic rings. The van der Waals surface area contributed by atoms with E-state index in [0.29, 0.717) is 12.2 Å². The second-order valence-corrected chi connectivity index (χ2v) is 3.76. The number of rotatable bonds is 6. The van der Waals surface area contributed by atoms with Crippen LogP contribution in [0.15, 0.2) is 37.4 Å². The van der Waals surface area contributed by atoms with Crippen LogP contribution in [0.5, 0.6) is 0 Å². The molecule has 90 valence electrons. The number of ether oxygens (including phenoxy) is 1. The smallest absolute Gasteiger partial charge is 0.338 e. The van der Waals surface area contributed by atoms with Gasteiger partial charge < -0.3 is 4.74 Å². The molecule has 2 heteroatoms. The number of hydrogen-bond donors (Lipinski definition) is 0. The Kier molecular flexibility index (Phi) is 5.21. The number of carbonyl (C=O) groups is 1. The minimum atomic E-state index is -0.354. The fourth-order valence-corrected chi connectivity index (χ4v) is 1.46. The molecular weight excluding hydrogens is 212 g/mol. The van der Waals surface area contributed by atoms with Gasteiger partial charge >= 0.3 is 5.97 Å². The molecule has 17 heavy (non-hydrogen) atoms. The summed E-state index contributed by atoms with van der Waals surface area (Å²) in [5.41, 5.74) is 2.06. The van der Waals surface area contributed by atoms with Crippen LogP contribution in [0.2, 0.25) is 0 Å². The van der Waals surface area contributed by atoms with Gasteiger partial charge in [-0.2, -0.15) is 0 Å². The summed E-state index contributed by atoms with van der Waals surface area (Å²) in [4.78, 5) is 11.7. The summed E-state index contributed by atoms with van der Waals surface area (Å²) in [5.74, 6) is -0.354. The van der Waals surface area contributed by atoms with Gasteiger partial charge in [0.05, 0.1) is 12.2 Å². The summed E-state index contributed by atoms with van der Waals surface area (Å²) < 4.78 is 5.13. The standard InChI is InChI=1S/C15H18O2/c1-4-6-11-17-15(16)12(3)14-10-8-7-9-13(14)5-2/h5,7-10H,2-4,6,11H2,1H3. The summed E-state index contributed by atoms with van der Waals surface area (Å²) in [5, 5.41) is 0. The third-order valence-electron chi connectivity index (χ3n) is 2.48. The Bertz CT molecular complexity index is 419. The Hall–Kier alpha value is -1.83. The van der Waals surface area contributed by atoms with Gasteiger partial charge in [0.2, 0.25) is 0 Å². The Morgan fingerprint density at radius 2 is 2.12 bits per heavy atom. The van der Waals surface area contributed by atoms with Crippen molar-refractivity contribution in [3.8, 4) is 0 Å². The molecule has 0 aliphatic heterocycles. The Labute approximate surface area is 103 Å². The molecule has 0 radical (unpaired) electrons. The highest BCUT2D eigenvalue weighted by Gasteiger charge is 2.12. The number of unbranched alkanes of at least 4 members (excludes halogenated alkanes) is 1. The second-order valence-electron chi connectivity index (χ2n) is 3.76. The quantitative estimate of drug-likeness (QED) is 0.423. The average Bonchev–Trinajstić information content (AvgIpc) is 2.38. The molecule has 0 N–H and O–H groups in total. The maximum atomic E-state index is 11.7. The molecule has 1 rings (SSSR count). The zero-order chi connectivity index (χ0) is 12.7. The highest BCUT2D eigenvalue weighted by atomic mass is 16.5. The lowest BCUT2D eigenvalue weighted by Gasteiger charge is -2.09. The minimum absolute atomic E-state index is 0.354. The molecule has 2 nitrogen and oxygen atoms in total. The summed E-state index contributed by atoms with van der Waals surface area (Å²) in [6, 6.07) is 7.51. The van der Waals surface area contributed by atoms with Crippen molar-refractivity contribution in [1.29, 1.82) is 0 Å². The molecule has 0 heterocycles. The number of hydrogen-bond acceptors (Lipinski definition) is 2. The molecule has 0 amide bonds. The SMILES string of the molecule is C=Cc1ccccc1C(=C)C(=O)OCCCC. The first-order valence-electron chi connectivity index (χ1n) is 5.78. The third-order valence-corrected chi connectivity index (χ3v) is 2.48. The van der Waals surface area contributed by atoms with Crippen LogP contribution in [0.4, 0.5) is 0 Å². The highest BCUT2D eigenvalue weighted by molar-refractivity contribution is 6.16. The second kappa shape index (κ2) is 6.69. The lowest BCUT2D eigenvalue weighted by molar-refractivity contribution is -0.136. The maximum absolute atomic E-state index is 11.7. The van der Waals surface area contributed by atoms with Gasteiger partial charge in [0.15, 0.2) is 0 Å². The molecule has 0 saturated heterocycles. The molecule has 0 aromatic heterocycles. The Balaban J connectivity index is 2.75. The first-order valence-corrected chi connectivity index (χ1v) is 5.78. The molecule has 0 aliphatic carbocycles. The normalized spacial score (nSPS) is 9.71. The molecule has 0 unspecified atom stereocenters. The first kappa shape index (κ1) is 13.2. The molecule has 0 fully saturated rings. The van der Waals surface area contributed by atoms with Crippen LogP contribution in [0, 0.1) is 0 Å². The van der Waals surface area contributed by atoms with Crippen LogP contribution >= 0.6 is 0 Å². The lowest BCUT2D eigenvalue weighted by atomic mass is 10.0. The molecule has 1 aromatic rings. The highest BCUT2D eigenvalue weighted by Crippen LogP contribution is 2.19. The molecule has 0 saturated carbocycles. The van der Waals surface area contributed by atoms with Gasteiger partial charge in [-0.15, -0.1) is 0 Å². The third kappa shape index (κ3) is 3.59. The number of esters is 1. The van der Waals surface area contributed by atoms with Gasteiger partial charge in [-0.1, -0.05) is 56.8 Å². The summed E-state index contributed by atoms with van der Waals surface area (Å²) in [6.45, 7) is 10.0. The topological polar surface area (TPSA) is 26.3 Å². The fraction of sp³-hybridized carbons (Fsp3) is 0.267. The van der Waals surface area contributed by atoms with E-state index in [1.807, 2.05) is 24.3 Å². The van der Waals surface area contributed by atoms with Gasteiger partial charge in [-0.05, 0) is 17.5 Å². The van der Waals surface area contributed by atoms with E-state index in [4.69, 9.17) is 4.74 Å². The Morgan fingerprint density at radius 3 is 2.76 bits per heavy atom. The van der Waals surface area contributed by atoms with Gasteiger partial charge in [-0.3, -0.25) is 0 Å². The van der Waals surface area contributed by atoms with Crippen molar-refractivity contribution < 1.29 is 9.53 Å². The average molecular weight is 230 g/mol. The molecular formula is C15H18O2. The lowest BCUT2D eigenvalue weighted by Crippen LogP contribution is -2.08. The van der Waals surface area contributed by atoms with Crippen LogP contribution in [-0.4, -0.2) is 12.6 Å². The van der Waals surface area contributed by atoms with Crippen LogP contribution in [0.25, 0.3) is 11.6 Å². The van der Waals surface area contributed by atoms with Crippen molar-refractivity contribution in [2.24, 2.45) is 0 Å². The van der Waals surface area contributed by atoms with E-state index in [1.54, 1.807) is 6.08 Å².